The highest BCUT2D eigenvalue weighted by Crippen LogP contribution is 2.19. The molecular formula is C21H39N5O4. The van der Waals surface area contributed by atoms with Crippen LogP contribution in [0.5, 0.6) is 0 Å². The van der Waals surface area contributed by atoms with E-state index < -0.39 is 5.60 Å². The Morgan fingerprint density at radius 1 is 1.07 bits per heavy atom. The number of hydrogen-bond acceptors (Lipinski definition) is 5. The second-order valence-corrected chi connectivity index (χ2v) is 8.99. The van der Waals surface area contributed by atoms with Crippen LogP contribution in [0.4, 0.5) is 9.59 Å². The molecule has 2 rings (SSSR count). The smallest absolute Gasteiger partial charge is 0.410 e. The molecule has 1 atom stereocenters. The number of nitrogens with zero attached hydrogens (tertiary/aromatic N) is 3. The van der Waals surface area contributed by atoms with Gasteiger partial charge in [0.25, 0.3) is 0 Å². The molecule has 0 saturated carbocycles. The van der Waals surface area contributed by atoms with Crippen LogP contribution in [-0.4, -0.2) is 86.0 Å². The Bertz CT molecular complexity index is 597. The van der Waals surface area contributed by atoms with Crippen molar-refractivity contribution in [1.29, 1.82) is 0 Å². The number of likely N-dealkylation sites (tertiary alicyclic amines) is 2. The normalized spacial score (nSPS) is 21.2. The Balaban J connectivity index is 1.74. The van der Waals surface area contributed by atoms with Gasteiger partial charge in [-0.3, -0.25) is 4.99 Å². The van der Waals surface area contributed by atoms with Crippen LogP contribution in [0, 0.1) is 5.92 Å². The van der Waals surface area contributed by atoms with Gasteiger partial charge in [-0.05, 0) is 59.3 Å². The van der Waals surface area contributed by atoms with E-state index in [1.165, 1.54) is 0 Å². The average molecular weight is 426 g/mol. The second-order valence-electron chi connectivity index (χ2n) is 8.99. The summed E-state index contributed by atoms with van der Waals surface area (Å²) in [6.07, 6.45) is 3.30. The molecular weight excluding hydrogens is 386 g/mol. The summed E-state index contributed by atoms with van der Waals surface area (Å²) in [6, 6.07) is 0.270. The highest BCUT2D eigenvalue weighted by molar-refractivity contribution is 5.80. The summed E-state index contributed by atoms with van der Waals surface area (Å²) < 4.78 is 10.6. The molecule has 2 aliphatic heterocycles. The van der Waals surface area contributed by atoms with Crippen molar-refractivity contribution in [1.82, 2.24) is 20.4 Å². The van der Waals surface area contributed by atoms with Gasteiger partial charge in [0, 0.05) is 45.8 Å². The largest absolute Gasteiger partial charge is 0.450 e. The lowest BCUT2D eigenvalue weighted by Crippen LogP contribution is -2.51. The minimum absolute atomic E-state index is 0.231. The topological polar surface area (TPSA) is 95.5 Å². The quantitative estimate of drug-likeness (QED) is 0.531. The predicted octanol–water partition coefficient (Wildman–Crippen LogP) is 2.42. The van der Waals surface area contributed by atoms with Crippen LogP contribution in [0.2, 0.25) is 0 Å². The highest BCUT2D eigenvalue weighted by atomic mass is 16.6. The third kappa shape index (κ3) is 7.91. The fourth-order valence-corrected chi connectivity index (χ4v) is 3.77. The Labute approximate surface area is 180 Å². The number of carbonyl (C=O) groups is 2. The molecule has 0 aromatic heterocycles. The monoisotopic (exact) mass is 425 g/mol. The van der Waals surface area contributed by atoms with Crippen LogP contribution in [-0.2, 0) is 9.47 Å². The average Bonchev–Trinajstić information content (AvgIpc) is 2.70. The number of nitrogens with one attached hydrogen (secondary N) is 2. The SMILES string of the molecule is CCOC(=O)N1CCC(NC(=NC)NCC2CCCN(C(=O)OC(C)(C)C)C2)CC1. The van der Waals surface area contributed by atoms with E-state index in [0.29, 0.717) is 32.2 Å². The van der Waals surface area contributed by atoms with E-state index in [1.807, 2.05) is 32.6 Å². The third-order valence-corrected chi connectivity index (χ3v) is 5.31. The van der Waals surface area contributed by atoms with Gasteiger partial charge in [-0.1, -0.05) is 0 Å². The summed E-state index contributed by atoms with van der Waals surface area (Å²) in [6.45, 7) is 11.4. The van der Waals surface area contributed by atoms with Crippen molar-refractivity contribution in [3.63, 3.8) is 0 Å². The summed E-state index contributed by atoms with van der Waals surface area (Å²) in [7, 11) is 1.76. The fraction of sp³-hybridized carbons (Fsp3) is 0.857. The number of ether oxygens (including phenoxy) is 2. The van der Waals surface area contributed by atoms with E-state index in [9.17, 15) is 9.59 Å². The van der Waals surface area contributed by atoms with E-state index in [0.717, 1.165) is 44.7 Å². The molecule has 0 bridgehead atoms. The Morgan fingerprint density at radius 2 is 1.77 bits per heavy atom. The number of hydrogen-bond donors (Lipinski definition) is 2. The number of guanidine groups is 1. The molecule has 30 heavy (non-hydrogen) atoms. The van der Waals surface area contributed by atoms with Gasteiger partial charge in [0.05, 0.1) is 6.61 Å². The van der Waals surface area contributed by atoms with E-state index in [-0.39, 0.29) is 18.2 Å². The Hall–Kier alpha value is -2.19. The van der Waals surface area contributed by atoms with Crippen LogP contribution in [0.25, 0.3) is 0 Å². The molecule has 2 saturated heterocycles. The first-order chi connectivity index (χ1) is 14.2. The molecule has 0 spiro atoms. The molecule has 0 aromatic rings. The van der Waals surface area contributed by atoms with Crippen molar-refractivity contribution in [2.75, 3.05) is 46.4 Å². The van der Waals surface area contributed by atoms with Crippen LogP contribution >= 0.6 is 0 Å². The van der Waals surface area contributed by atoms with Crippen LogP contribution in [0.1, 0.15) is 53.4 Å². The molecule has 2 aliphatic rings. The number of piperidine rings is 2. The number of rotatable bonds is 4. The lowest BCUT2D eigenvalue weighted by Gasteiger charge is -2.35. The van der Waals surface area contributed by atoms with Crippen molar-refractivity contribution < 1.29 is 19.1 Å². The van der Waals surface area contributed by atoms with Gasteiger partial charge < -0.3 is 29.9 Å². The third-order valence-electron chi connectivity index (χ3n) is 5.31. The summed E-state index contributed by atoms with van der Waals surface area (Å²) >= 11 is 0. The summed E-state index contributed by atoms with van der Waals surface area (Å²) in [5, 5.41) is 6.86. The minimum atomic E-state index is -0.475. The van der Waals surface area contributed by atoms with Gasteiger partial charge in [-0.15, -0.1) is 0 Å². The zero-order valence-corrected chi connectivity index (χ0v) is 19.2. The first-order valence-electron chi connectivity index (χ1n) is 11.1. The second kappa shape index (κ2) is 11.3. The van der Waals surface area contributed by atoms with Crippen molar-refractivity contribution >= 4 is 18.1 Å². The standard InChI is InChI=1S/C21H39N5O4/c1-6-29-19(27)25-12-9-17(10-13-25)24-18(22-5)23-14-16-8-7-11-26(15-16)20(28)30-21(2,3)4/h16-17H,6-15H2,1-5H3,(H2,22,23,24). The van der Waals surface area contributed by atoms with Crippen molar-refractivity contribution in [2.24, 2.45) is 10.9 Å². The zero-order valence-electron chi connectivity index (χ0n) is 19.2. The minimum Gasteiger partial charge on any atom is -0.450 e. The van der Waals surface area contributed by atoms with Gasteiger partial charge in [0.2, 0.25) is 0 Å². The Morgan fingerprint density at radius 3 is 2.37 bits per heavy atom. The van der Waals surface area contributed by atoms with E-state index in [2.05, 4.69) is 15.6 Å². The zero-order chi connectivity index (χ0) is 22.1. The predicted molar refractivity (Wildman–Crippen MR) is 117 cm³/mol. The lowest BCUT2D eigenvalue weighted by molar-refractivity contribution is 0.0168. The summed E-state index contributed by atoms with van der Waals surface area (Å²) in [4.78, 5) is 32.1. The Kier molecular flexibility index (Phi) is 9.05. The van der Waals surface area contributed by atoms with Crippen molar-refractivity contribution in [3.05, 3.63) is 0 Å². The van der Waals surface area contributed by atoms with Gasteiger partial charge in [0.15, 0.2) is 5.96 Å². The number of amides is 2. The molecule has 0 aromatic carbocycles. The maximum atomic E-state index is 12.3. The van der Waals surface area contributed by atoms with Crippen LogP contribution < -0.4 is 10.6 Å². The molecule has 172 valence electrons. The molecule has 9 heteroatoms. The first kappa shape index (κ1) is 24.1. The van der Waals surface area contributed by atoms with Crippen molar-refractivity contribution in [2.45, 2.75) is 65.0 Å². The molecule has 0 aliphatic carbocycles. The summed E-state index contributed by atoms with van der Waals surface area (Å²) in [5.41, 5.74) is -0.475. The molecule has 9 nitrogen and oxygen atoms in total. The molecule has 2 amide bonds. The van der Waals surface area contributed by atoms with Crippen LogP contribution in [0.3, 0.4) is 0 Å². The molecule has 1 unspecified atom stereocenters. The molecule has 2 fully saturated rings. The lowest BCUT2D eigenvalue weighted by atomic mass is 9.98. The maximum absolute atomic E-state index is 12.3. The molecule has 2 N–H and O–H groups in total. The first-order valence-corrected chi connectivity index (χ1v) is 11.1. The van der Waals surface area contributed by atoms with Gasteiger partial charge in [-0.2, -0.15) is 0 Å². The van der Waals surface area contributed by atoms with E-state index in [4.69, 9.17) is 9.47 Å². The molecule has 0 radical (unpaired) electrons. The molecule has 2 heterocycles. The fourth-order valence-electron chi connectivity index (χ4n) is 3.77. The van der Waals surface area contributed by atoms with E-state index in [1.54, 1.807) is 11.9 Å². The highest BCUT2D eigenvalue weighted by Gasteiger charge is 2.28. The van der Waals surface area contributed by atoms with Gasteiger partial charge >= 0.3 is 12.2 Å². The van der Waals surface area contributed by atoms with Crippen LogP contribution in [0.15, 0.2) is 4.99 Å². The number of carbonyl (C=O) groups excluding carboxylic acids is 2. The van der Waals surface area contributed by atoms with Crippen molar-refractivity contribution in [3.8, 4) is 0 Å². The number of aliphatic imine (C=N–C) groups is 1. The van der Waals surface area contributed by atoms with E-state index >= 15 is 0 Å². The summed E-state index contributed by atoms with van der Waals surface area (Å²) in [5.74, 6) is 1.12. The van der Waals surface area contributed by atoms with Gasteiger partial charge in [-0.25, -0.2) is 9.59 Å². The maximum Gasteiger partial charge on any atom is 0.410 e. The van der Waals surface area contributed by atoms with Gasteiger partial charge in [0.1, 0.15) is 5.60 Å².